The van der Waals surface area contributed by atoms with E-state index in [-0.39, 0.29) is 7.43 Å². The maximum atomic E-state index is 5.93. The molecule has 0 saturated heterocycles. The highest BCUT2D eigenvalue weighted by Gasteiger charge is 1.99. The van der Waals surface area contributed by atoms with Crippen LogP contribution in [0.15, 0.2) is 48.5 Å². The summed E-state index contributed by atoms with van der Waals surface area (Å²) in [7, 11) is 0. The molecule has 2 heteroatoms. The van der Waals surface area contributed by atoms with E-state index < -0.39 is 0 Å². The van der Waals surface area contributed by atoms with E-state index in [1.54, 1.807) is 6.07 Å². The average Bonchev–Trinajstić information content (AvgIpc) is 2.17. The summed E-state index contributed by atoms with van der Waals surface area (Å²) >= 11 is 11.9. The lowest BCUT2D eigenvalue weighted by Crippen LogP contribution is -1.87. The van der Waals surface area contributed by atoms with Crippen molar-refractivity contribution >= 4 is 23.2 Å². The predicted octanol–water partition coefficient (Wildman–Crippen LogP) is 5.22. The Morgan fingerprint density at radius 2 is 1.31 bits per heavy atom. The maximum Gasteiger partial charge on any atom is 0.0423 e. The lowest BCUT2D eigenvalue weighted by molar-refractivity contribution is 1.19. The van der Waals surface area contributed by atoms with Crippen LogP contribution in [0, 0.1) is 0 Å². The van der Waals surface area contributed by atoms with Crippen LogP contribution in [0.5, 0.6) is 0 Å². The van der Waals surface area contributed by atoms with Crippen molar-refractivity contribution in [2.24, 2.45) is 0 Å². The van der Waals surface area contributed by atoms with E-state index in [1.165, 1.54) is 5.56 Å². The standard InChI is InChI=1S/C13H10Cl2.CH4/c14-12-7-11(8-13(15)9-12)6-10-4-2-1-3-5-10;/h1-5,7-9H,6H2;1H4. The first-order chi connectivity index (χ1) is 7.24. The van der Waals surface area contributed by atoms with Crippen molar-refractivity contribution in [2.75, 3.05) is 0 Å². The van der Waals surface area contributed by atoms with Gasteiger partial charge in [0.15, 0.2) is 0 Å². The summed E-state index contributed by atoms with van der Waals surface area (Å²) < 4.78 is 0. The van der Waals surface area contributed by atoms with E-state index in [0.717, 1.165) is 12.0 Å². The van der Waals surface area contributed by atoms with E-state index in [9.17, 15) is 0 Å². The second-order valence-electron chi connectivity index (χ2n) is 3.44. The van der Waals surface area contributed by atoms with Gasteiger partial charge in [0, 0.05) is 10.0 Å². The van der Waals surface area contributed by atoms with Crippen LogP contribution in [0.2, 0.25) is 10.0 Å². The zero-order valence-electron chi connectivity index (χ0n) is 8.08. The van der Waals surface area contributed by atoms with Gasteiger partial charge in [0.25, 0.3) is 0 Å². The van der Waals surface area contributed by atoms with Crippen LogP contribution in [-0.4, -0.2) is 0 Å². The molecule has 0 unspecified atom stereocenters. The van der Waals surface area contributed by atoms with Crippen LogP contribution in [0.3, 0.4) is 0 Å². The van der Waals surface area contributed by atoms with Gasteiger partial charge in [-0.2, -0.15) is 0 Å². The molecule has 16 heavy (non-hydrogen) atoms. The number of hydrogen-bond acceptors (Lipinski definition) is 0. The Bertz CT molecular complexity index is 429. The molecule has 0 aromatic heterocycles. The lowest BCUT2D eigenvalue weighted by atomic mass is 10.1. The Kier molecular flexibility index (Phi) is 4.85. The number of rotatable bonds is 2. The molecule has 84 valence electrons. The molecule has 0 fully saturated rings. The third-order valence-corrected chi connectivity index (χ3v) is 2.61. The second-order valence-corrected chi connectivity index (χ2v) is 4.31. The SMILES string of the molecule is C.Clc1cc(Cl)cc(Cc2ccccc2)c1. The van der Waals surface area contributed by atoms with Crippen molar-refractivity contribution in [3.63, 3.8) is 0 Å². The van der Waals surface area contributed by atoms with E-state index in [0.29, 0.717) is 10.0 Å². The monoisotopic (exact) mass is 252 g/mol. The predicted molar refractivity (Wildman–Crippen MR) is 72.4 cm³/mol. The van der Waals surface area contributed by atoms with Gasteiger partial charge in [0.05, 0.1) is 0 Å². The van der Waals surface area contributed by atoms with Crippen LogP contribution in [0.25, 0.3) is 0 Å². The fourth-order valence-corrected chi connectivity index (χ4v) is 2.12. The quantitative estimate of drug-likeness (QED) is 0.688. The zero-order valence-corrected chi connectivity index (χ0v) is 9.59. The van der Waals surface area contributed by atoms with Gasteiger partial charge in [0.1, 0.15) is 0 Å². The lowest BCUT2D eigenvalue weighted by Gasteiger charge is -2.03. The highest BCUT2D eigenvalue weighted by molar-refractivity contribution is 6.34. The molecule has 0 spiro atoms. The smallest absolute Gasteiger partial charge is 0.0423 e. The molecular formula is C14H14Cl2. The number of hydrogen-bond donors (Lipinski definition) is 0. The fraction of sp³-hybridized carbons (Fsp3) is 0.143. The summed E-state index contributed by atoms with van der Waals surface area (Å²) in [6.07, 6.45) is 0.862. The first-order valence-corrected chi connectivity index (χ1v) is 5.48. The van der Waals surface area contributed by atoms with Gasteiger partial charge < -0.3 is 0 Å². The Hall–Kier alpha value is -0.980. The summed E-state index contributed by atoms with van der Waals surface area (Å²) in [4.78, 5) is 0. The van der Waals surface area contributed by atoms with Crippen LogP contribution in [0.4, 0.5) is 0 Å². The molecular weight excluding hydrogens is 239 g/mol. The van der Waals surface area contributed by atoms with Gasteiger partial charge in [-0.05, 0) is 35.7 Å². The molecule has 2 aromatic rings. The van der Waals surface area contributed by atoms with Gasteiger partial charge in [-0.1, -0.05) is 61.0 Å². The molecule has 0 aliphatic heterocycles. The summed E-state index contributed by atoms with van der Waals surface area (Å²) in [6.45, 7) is 0. The molecule has 0 saturated carbocycles. The molecule has 0 nitrogen and oxygen atoms in total. The van der Waals surface area contributed by atoms with Crippen molar-refractivity contribution in [1.29, 1.82) is 0 Å². The largest absolute Gasteiger partial charge is 0.0843 e. The van der Waals surface area contributed by atoms with Crippen LogP contribution in [-0.2, 0) is 6.42 Å². The minimum atomic E-state index is 0. The molecule has 2 aromatic carbocycles. The molecule has 0 bridgehead atoms. The zero-order chi connectivity index (χ0) is 10.7. The molecule has 0 heterocycles. The van der Waals surface area contributed by atoms with Crippen LogP contribution in [0.1, 0.15) is 18.6 Å². The van der Waals surface area contributed by atoms with E-state index in [1.807, 2.05) is 30.3 Å². The molecule has 0 radical (unpaired) electrons. The number of halogens is 2. The minimum absolute atomic E-state index is 0. The highest BCUT2D eigenvalue weighted by Crippen LogP contribution is 2.20. The molecule has 0 aliphatic rings. The third-order valence-electron chi connectivity index (χ3n) is 2.17. The molecule has 0 amide bonds. The summed E-state index contributed by atoms with van der Waals surface area (Å²) in [5, 5.41) is 1.38. The summed E-state index contributed by atoms with van der Waals surface area (Å²) in [5.41, 5.74) is 2.40. The normalized spacial score (nSPS) is 9.62. The fourth-order valence-electron chi connectivity index (χ4n) is 1.54. The Balaban J connectivity index is 0.00000128. The molecule has 0 N–H and O–H groups in total. The topological polar surface area (TPSA) is 0 Å². The highest BCUT2D eigenvalue weighted by atomic mass is 35.5. The van der Waals surface area contributed by atoms with Crippen molar-refractivity contribution in [2.45, 2.75) is 13.8 Å². The Morgan fingerprint density at radius 1 is 0.750 bits per heavy atom. The van der Waals surface area contributed by atoms with E-state index >= 15 is 0 Å². The summed E-state index contributed by atoms with van der Waals surface area (Å²) in [5.74, 6) is 0. The second kappa shape index (κ2) is 5.93. The van der Waals surface area contributed by atoms with Gasteiger partial charge in [-0.25, -0.2) is 0 Å². The van der Waals surface area contributed by atoms with Crippen LogP contribution < -0.4 is 0 Å². The van der Waals surface area contributed by atoms with Crippen molar-refractivity contribution in [3.05, 3.63) is 69.7 Å². The maximum absolute atomic E-state index is 5.93. The van der Waals surface area contributed by atoms with E-state index in [4.69, 9.17) is 23.2 Å². The van der Waals surface area contributed by atoms with Crippen molar-refractivity contribution < 1.29 is 0 Å². The van der Waals surface area contributed by atoms with Gasteiger partial charge in [0.2, 0.25) is 0 Å². The first kappa shape index (κ1) is 13.1. The first-order valence-electron chi connectivity index (χ1n) is 4.73. The minimum Gasteiger partial charge on any atom is -0.0843 e. The van der Waals surface area contributed by atoms with Crippen molar-refractivity contribution in [3.8, 4) is 0 Å². The average molecular weight is 253 g/mol. The molecule has 0 aliphatic carbocycles. The molecule has 2 rings (SSSR count). The van der Waals surface area contributed by atoms with E-state index in [2.05, 4.69) is 12.1 Å². The third kappa shape index (κ3) is 3.55. The Labute approximate surface area is 107 Å². The van der Waals surface area contributed by atoms with Gasteiger partial charge in [-0.3, -0.25) is 0 Å². The Morgan fingerprint density at radius 3 is 1.88 bits per heavy atom. The number of benzene rings is 2. The van der Waals surface area contributed by atoms with Gasteiger partial charge >= 0.3 is 0 Å². The summed E-state index contributed by atoms with van der Waals surface area (Å²) in [6, 6.07) is 15.9. The van der Waals surface area contributed by atoms with Gasteiger partial charge in [-0.15, -0.1) is 0 Å². The molecule has 0 atom stereocenters. The van der Waals surface area contributed by atoms with Crippen LogP contribution >= 0.6 is 23.2 Å². The van der Waals surface area contributed by atoms with Crippen molar-refractivity contribution in [1.82, 2.24) is 0 Å².